The van der Waals surface area contributed by atoms with Gasteiger partial charge in [0.25, 0.3) is 11.8 Å². The van der Waals surface area contributed by atoms with Crippen LogP contribution in [0.25, 0.3) is 6.08 Å². The number of hydrogen-bond donors (Lipinski definition) is 1. The average Bonchev–Trinajstić information content (AvgIpc) is 2.58. The topological polar surface area (TPSA) is 66.5 Å². The molecule has 0 saturated carbocycles. The first-order valence-electron chi connectivity index (χ1n) is 8.03. The van der Waals surface area contributed by atoms with E-state index in [1.165, 1.54) is 6.08 Å². The van der Waals surface area contributed by atoms with Crippen LogP contribution in [-0.4, -0.2) is 24.1 Å². The van der Waals surface area contributed by atoms with Gasteiger partial charge in [-0.25, -0.2) is 9.69 Å². The molecule has 3 rings (SSSR count). The van der Waals surface area contributed by atoms with Gasteiger partial charge in [-0.3, -0.25) is 14.9 Å². The number of barbiturate groups is 1. The molecule has 0 aromatic heterocycles. The van der Waals surface area contributed by atoms with Crippen molar-refractivity contribution in [1.82, 2.24) is 5.32 Å². The maximum Gasteiger partial charge on any atom is 0.335 e. The number of thioether (sulfide) groups is 1. The number of anilines is 1. The van der Waals surface area contributed by atoms with Gasteiger partial charge in [-0.2, -0.15) is 0 Å². The van der Waals surface area contributed by atoms with E-state index in [4.69, 9.17) is 0 Å². The average molecular weight is 366 g/mol. The van der Waals surface area contributed by atoms with Crippen LogP contribution in [0.15, 0.2) is 52.9 Å². The van der Waals surface area contributed by atoms with Crippen LogP contribution in [0, 0.1) is 13.8 Å². The van der Waals surface area contributed by atoms with Gasteiger partial charge in [0.1, 0.15) is 5.57 Å². The summed E-state index contributed by atoms with van der Waals surface area (Å²) in [6, 6.07) is 12.2. The molecule has 1 fully saturated rings. The lowest BCUT2D eigenvalue weighted by atomic mass is 10.1. The SMILES string of the molecule is CSc1ccc(C=C2C(=O)NC(=O)N(c3cc(C)cc(C)c3)C2=O)cc1. The van der Waals surface area contributed by atoms with Crippen LogP contribution in [0.3, 0.4) is 0 Å². The third-order valence-electron chi connectivity index (χ3n) is 3.99. The van der Waals surface area contributed by atoms with Crippen LogP contribution >= 0.6 is 11.8 Å². The van der Waals surface area contributed by atoms with Crippen LogP contribution in [0.2, 0.25) is 0 Å². The summed E-state index contributed by atoms with van der Waals surface area (Å²) in [5.74, 6) is -1.31. The van der Waals surface area contributed by atoms with Crippen molar-refractivity contribution in [3.63, 3.8) is 0 Å². The second-order valence-electron chi connectivity index (χ2n) is 6.08. The summed E-state index contributed by atoms with van der Waals surface area (Å²) in [5, 5.41) is 2.24. The molecule has 0 spiro atoms. The smallest absolute Gasteiger partial charge is 0.273 e. The number of benzene rings is 2. The predicted molar refractivity (Wildman–Crippen MR) is 103 cm³/mol. The number of imide groups is 2. The van der Waals surface area contributed by atoms with E-state index in [1.54, 1.807) is 23.9 Å². The fraction of sp³-hybridized carbons (Fsp3) is 0.150. The Labute approximate surface area is 156 Å². The van der Waals surface area contributed by atoms with E-state index < -0.39 is 17.8 Å². The van der Waals surface area contributed by atoms with E-state index in [2.05, 4.69) is 5.32 Å². The van der Waals surface area contributed by atoms with Gasteiger partial charge in [0.15, 0.2) is 0 Å². The van der Waals surface area contributed by atoms with E-state index in [9.17, 15) is 14.4 Å². The van der Waals surface area contributed by atoms with Crippen LogP contribution in [-0.2, 0) is 9.59 Å². The monoisotopic (exact) mass is 366 g/mol. The fourth-order valence-electron chi connectivity index (χ4n) is 2.84. The first kappa shape index (κ1) is 17.9. The number of hydrogen-bond acceptors (Lipinski definition) is 4. The zero-order chi connectivity index (χ0) is 18.8. The Morgan fingerprint density at radius 3 is 2.15 bits per heavy atom. The summed E-state index contributed by atoms with van der Waals surface area (Å²) in [4.78, 5) is 39.4. The molecule has 26 heavy (non-hydrogen) atoms. The molecule has 1 N–H and O–H groups in total. The van der Waals surface area contributed by atoms with Gasteiger partial charge < -0.3 is 0 Å². The van der Waals surface area contributed by atoms with Crippen molar-refractivity contribution in [3.8, 4) is 0 Å². The second kappa shape index (κ2) is 7.17. The van der Waals surface area contributed by atoms with Crippen LogP contribution in [0.1, 0.15) is 16.7 Å². The highest BCUT2D eigenvalue weighted by atomic mass is 32.2. The number of aryl methyl sites for hydroxylation is 2. The van der Waals surface area contributed by atoms with Crippen molar-refractivity contribution in [2.75, 3.05) is 11.2 Å². The molecule has 0 bridgehead atoms. The normalized spacial score (nSPS) is 16.2. The molecule has 2 aromatic rings. The molecular weight excluding hydrogens is 348 g/mol. The molecule has 1 saturated heterocycles. The van der Waals surface area contributed by atoms with Gasteiger partial charge in [-0.05, 0) is 67.1 Å². The number of urea groups is 1. The molecule has 6 heteroatoms. The Bertz CT molecular complexity index is 912. The summed E-state index contributed by atoms with van der Waals surface area (Å²) in [6.07, 6.45) is 3.47. The van der Waals surface area contributed by atoms with Gasteiger partial charge in [0, 0.05) is 4.90 Å². The van der Waals surface area contributed by atoms with E-state index in [0.29, 0.717) is 5.69 Å². The first-order chi connectivity index (χ1) is 12.4. The zero-order valence-electron chi connectivity index (χ0n) is 14.7. The van der Waals surface area contributed by atoms with Gasteiger partial charge in [0.05, 0.1) is 5.69 Å². The van der Waals surface area contributed by atoms with Gasteiger partial charge in [-0.15, -0.1) is 11.8 Å². The lowest BCUT2D eigenvalue weighted by molar-refractivity contribution is -0.122. The van der Waals surface area contributed by atoms with Gasteiger partial charge >= 0.3 is 6.03 Å². The highest BCUT2D eigenvalue weighted by Gasteiger charge is 2.36. The molecule has 1 aliphatic rings. The summed E-state index contributed by atoms with van der Waals surface area (Å²) in [7, 11) is 0. The highest BCUT2D eigenvalue weighted by Crippen LogP contribution is 2.24. The molecule has 1 aliphatic heterocycles. The molecule has 0 atom stereocenters. The maximum absolute atomic E-state index is 12.9. The third-order valence-corrected chi connectivity index (χ3v) is 4.74. The Balaban J connectivity index is 2.00. The minimum Gasteiger partial charge on any atom is -0.273 e. The summed E-state index contributed by atoms with van der Waals surface area (Å²) in [6.45, 7) is 3.77. The van der Waals surface area contributed by atoms with Crippen LogP contribution in [0.5, 0.6) is 0 Å². The minimum absolute atomic E-state index is 0.0688. The molecule has 1 heterocycles. The largest absolute Gasteiger partial charge is 0.335 e. The number of amides is 4. The molecule has 0 aliphatic carbocycles. The standard InChI is InChI=1S/C20H18N2O3S/c1-12-8-13(2)10-15(9-12)22-19(24)17(18(23)21-20(22)25)11-14-4-6-16(26-3)7-5-14/h4-11H,1-3H3,(H,21,23,25). The zero-order valence-corrected chi connectivity index (χ0v) is 15.5. The van der Waals surface area contributed by atoms with Gasteiger partial charge in [0.2, 0.25) is 0 Å². The Hall–Kier alpha value is -2.86. The van der Waals surface area contributed by atoms with Crippen molar-refractivity contribution in [2.24, 2.45) is 0 Å². The van der Waals surface area contributed by atoms with Crippen LogP contribution in [0.4, 0.5) is 10.5 Å². The first-order valence-corrected chi connectivity index (χ1v) is 9.25. The number of nitrogens with one attached hydrogen (secondary N) is 1. The van der Waals surface area contributed by atoms with Gasteiger partial charge in [-0.1, -0.05) is 18.2 Å². The third kappa shape index (κ3) is 3.55. The van der Waals surface area contributed by atoms with Crippen molar-refractivity contribution in [2.45, 2.75) is 18.7 Å². The Morgan fingerprint density at radius 2 is 1.58 bits per heavy atom. The minimum atomic E-state index is -0.736. The van der Waals surface area contributed by atoms with E-state index in [1.807, 2.05) is 50.4 Å². The van der Waals surface area contributed by atoms with Crippen molar-refractivity contribution in [3.05, 3.63) is 64.7 Å². The van der Waals surface area contributed by atoms with Crippen molar-refractivity contribution >= 4 is 41.4 Å². The van der Waals surface area contributed by atoms with Crippen molar-refractivity contribution in [1.29, 1.82) is 0 Å². The Morgan fingerprint density at radius 1 is 0.962 bits per heavy atom. The number of rotatable bonds is 3. The molecule has 132 valence electrons. The quantitative estimate of drug-likeness (QED) is 0.511. The molecule has 0 radical (unpaired) electrons. The number of carbonyl (C=O) groups is 3. The molecule has 2 aromatic carbocycles. The van der Waals surface area contributed by atoms with E-state index >= 15 is 0 Å². The lowest BCUT2D eigenvalue weighted by Crippen LogP contribution is -2.54. The fourth-order valence-corrected chi connectivity index (χ4v) is 3.25. The lowest BCUT2D eigenvalue weighted by Gasteiger charge is -2.27. The Kier molecular flexibility index (Phi) is 4.95. The van der Waals surface area contributed by atoms with E-state index in [0.717, 1.165) is 26.5 Å². The maximum atomic E-state index is 12.9. The summed E-state index contributed by atoms with van der Waals surface area (Å²) < 4.78 is 0. The molecule has 5 nitrogen and oxygen atoms in total. The molecule has 0 unspecified atom stereocenters. The highest BCUT2D eigenvalue weighted by molar-refractivity contribution is 7.98. The summed E-state index contributed by atoms with van der Waals surface area (Å²) >= 11 is 1.61. The predicted octanol–water partition coefficient (Wildman–Crippen LogP) is 3.69. The van der Waals surface area contributed by atoms with E-state index in [-0.39, 0.29) is 5.57 Å². The molecule has 4 amide bonds. The van der Waals surface area contributed by atoms with Crippen LogP contribution < -0.4 is 10.2 Å². The van der Waals surface area contributed by atoms with Crippen molar-refractivity contribution < 1.29 is 14.4 Å². The second-order valence-corrected chi connectivity index (χ2v) is 6.96. The molecular formula is C20H18N2O3S. The number of carbonyl (C=O) groups excluding carboxylic acids is 3. The number of nitrogens with zero attached hydrogens (tertiary/aromatic N) is 1. The summed E-state index contributed by atoms with van der Waals surface area (Å²) in [5.41, 5.74) is 2.95.